The lowest BCUT2D eigenvalue weighted by atomic mass is 10.1. The van der Waals surface area contributed by atoms with Crippen molar-refractivity contribution in [3.05, 3.63) is 64.7 Å². The fourth-order valence-corrected chi connectivity index (χ4v) is 3.12. The maximum Gasteiger partial charge on any atom is 0.173 e. The summed E-state index contributed by atoms with van der Waals surface area (Å²) in [5.74, 6) is -0.0271. The average molecular weight is 374 g/mol. The van der Waals surface area contributed by atoms with Gasteiger partial charge >= 0.3 is 0 Å². The fourth-order valence-electron chi connectivity index (χ4n) is 2.21. The highest BCUT2D eigenvalue weighted by Gasteiger charge is 2.16. The van der Waals surface area contributed by atoms with Gasteiger partial charge in [-0.15, -0.1) is 11.6 Å². The number of halogens is 2. The van der Waals surface area contributed by atoms with Crippen LogP contribution in [-0.4, -0.2) is 25.6 Å². The Morgan fingerprint density at radius 2 is 1.87 bits per heavy atom. The van der Waals surface area contributed by atoms with Crippen molar-refractivity contribution in [3.8, 4) is 0 Å². The summed E-state index contributed by atoms with van der Waals surface area (Å²) in [5.41, 5.74) is 2.18. The van der Waals surface area contributed by atoms with Crippen LogP contribution in [0.2, 0.25) is 5.02 Å². The molecule has 0 fully saturated rings. The zero-order valence-electron chi connectivity index (χ0n) is 12.2. The summed E-state index contributed by atoms with van der Waals surface area (Å²) in [4.78, 5) is 1.71. The summed E-state index contributed by atoms with van der Waals surface area (Å²) < 4.78 is 20.6. The quantitative estimate of drug-likeness (QED) is 0.572. The monoisotopic (exact) mass is 373 g/mol. The topological polar surface area (TPSA) is 60.8 Å². The van der Waals surface area contributed by atoms with Crippen LogP contribution in [0.15, 0.2) is 48.5 Å². The van der Waals surface area contributed by atoms with Gasteiger partial charge < -0.3 is 14.6 Å². The van der Waals surface area contributed by atoms with Crippen LogP contribution in [0.4, 0.5) is 5.69 Å². The Morgan fingerprint density at radius 1 is 1.17 bits per heavy atom. The molecule has 2 aromatic carbocycles. The van der Waals surface area contributed by atoms with Crippen LogP contribution in [0.1, 0.15) is 17.2 Å². The lowest BCUT2D eigenvalue weighted by molar-refractivity contribution is 0.202. The van der Waals surface area contributed by atoms with Gasteiger partial charge in [-0.1, -0.05) is 48.0 Å². The Kier molecular flexibility index (Phi) is 6.87. The summed E-state index contributed by atoms with van der Waals surface area (Å²) in [6.45, 7) is 0.424. The molecule has 2 aromatic rings. The summed E-state index contributed by atoms with van der Waals surface area (Å²) >= 11 is 9.92. The highest BCUT2D eigenvalue weighted by Crippen LogP contribution is 2.31. The van der Waals surface area contributed by atoms with Crippen LogP contribution in [0, 0.1) is 0 Å². The van der Waals surface area contributed by atoms with Gasteiger partial charge in [0.25, 0.3) is 0 Å². The zero-order chi connectivity index (χ0) is 16.8. The minimum atomic E-state index is -2.02. The van der Waals surface area contributed by atoms with Crippen molar-refractivity contribution in [3.63, 3.8) is 0 Å². The largest absolute Gasteiger partial charge is 0.387 e. The smallest absolute Gasteiger partial charge is 0.173 e. The van der Waals surface area contributed by atoms with Crippen molar-refractivity contribution in [2.45, 2.75) is 12.6 Å². The van der Waals surface area contributed by atoms with Crippen molar-refractivity contribution in [2.75, 3.05) is 16.7 Å². The number of nitrogens with zero attached hydrogens (tertiary/aromatic N) is 1. The third-order valence-corrected chi connectivity index (χ3v) is 4.47. The Bertz CT molecular complexity index is 670. The molecule has 0 radical (unpaired) electrons. The van der Waals surface area contributed by atoms with Gasteiger partial charge in [0.2, 0.25) is 0 Å². The molecule has 2 unspecified atom stereocenters. The molecule has 0 aliphatic carbocycles. The van der Waals surface area contributed by atoms with E-state index in [9.17, 15) is 13.9 Å². The molecule has 0 aliphatic heterocycles. The van der Waals surface area contributed by atoms with Gasteiger partial charge in [-0.25, -0.2) is 4.21 Å². The first kappa shape index (κ1) is 18.2. The van der Waals surface area contributed by atoms with E-state index in [0.29, 0.717) is 22.8 Å². The summed E-state index contributed by atoms with van der Waals surface area (Å²) in [5, 5.41) is 10.3. The molecular formula is C16H17Cl2NO3S. The van der Waals surface area contributed by atoms with Gasteiger partial charge in [0, 0.05) is 6.54 Å². The Balaban J connectivity index is 2.36. The van der Waals surface area contributed by atoms with Crippen molar-refractivity contribution >= 4 is 40.0 Å². The summed E-state index contributed by atoms with van der Waals surface area (Å²) in [6, 6.07) is 14.6. The molecule has 0 saturated carbocycles. The standard InChI is InChI=1S/C16H17Cl2NO3S/c17-9-16(20)13-6-7-14(18)15(8-13)19(11-23(21)22)10-12-4-2-1-3-5-12/h1-8,16,20H,9-11H2,(H,21,22). The number of benzene rings is 2. The molecule has 2 atom stereocenters. The average Bonchev–Trinajstić information content (AvgIpc) is 2.54. The van der Waals surface area contributed by atoms with Crippen LogP contribution >= 0.6 is 23.2 Å². The van der Waals surface area contributed by atoms with E-state index < -0.39 is 17.2 Å². The van der Waals surface area contributed by atoms with Gasteiger partial charge in [-0.2, -0.15) is 0 Å². The van der Waals surface area contributed by atoms with E-state index in [1.807, 2.05) is 30.3 Å². The molecule has 0 aromatic heterocycles. The van der Waals surface area contributed by atoms with Crippen LogP contribution in [0.5, 0.6) is 0 Å². The Hall–Kier alpha value is -1.11. The minimum Gasteiger partial charge on any atom is -0.387 e. The zero-order valence-corrected chi connectivity index (χ0v) is 14.6. The molecule has 0 spiro atoms. The van der Waals surface area contributed by atoms with Crippen molar-refractivity contribution in [1.82, 2.24) is 0 Å². The molecular weight excluding hydrogens is 357 g/mol. The highest BCUT2D eigenvalue weighted by atomic mass is 35.5. The summed E-state index contributed by atoms with van der Waals surface area (Å²) in [6.07, 6.45) is -0.814. The van der Waals surface area contributed by atoms with Gasteiger partial charge in [0.15, 0.2) is 11.1 Å². The summed E-state index contributed by atoms with van der Waals surface area (Å²) in [7, 11) is 0. The van der Waals surface area contributed by atoms with Crippen LogP contribution in [0.25, 0.3) is 0 Å². The number of rotatable bonds is 7. The second kappa shape index (κ2) is 8.66. The fraction of sp³-hybridized carbons (Fsp3) is 0.250. The number of aliphatic hydroxyl groups is 1. The highest BCUT2D eigenvalue weighted by molar-refractivity contribution is 7.79. The molecule has 124 valence electrons. The molecule has 0 aliphatic rings. The van der Waals surface area contributed by atoms with E-state index in [1.54, 1.807) is 23.1 Å². The SMILES string of the molecule is O=S(O)CN(Cc1ccccc1)c1cc(C(O)CCl)ccc1Cl. The van der Waals surface area contributed by atoms with Gasteiger partial charge in [0.1, 0.15) is 5.88 Å². The van der Waals surface area contributed by atoms with Crippen molar-refractivity contribution in [2.24, 2.45) is 0 Å². The molecule has 0 heterocycles. The molecule has 2 rings (SSSR count). The lowest BCUT2D eigenvalue weighted by Gasteiger charge is -2.25. The number of aliphatic hydroxyl groups excluding tert-OH is 1. The van der Waals surface area contributed by atoms with Gasteiger partial charge in [0.05, 0.1) is 22.7 Å². The Labute approximate surface area is 147 Å². The van der Waals surface area contributed by atoms with Crippen LogP contribution in [0.3, 0.4) is 0 Å². The van der Waals surface area contributed by atoms with E-state index in [0.717, 1.165) is 5.56 Å². The van der Waals surface area contributed by atoms with Crippen molar-refractivity contribution in [1.29, 1.82) is 0 Å². The molecule has 2 N–H and O–H groups in total. The predicted octanol–water partition coefficient (Wildman–Crippen LogP) is 3.80. The third-order valence-electron chi connectivity index (χ3n) is 3.32. The van der Waals surface area contributed by atoms with Gasteiger partial charge in [-0.3, -0.25) is 0 Å². The Morgan fingerprint density at radius 3 is 2.48 bits per heavy atom. The van der Waals surface area contributed by atoms with Crippen LogP contribution in [-0.2, 0) is 17.6 Å². The molecule has 23 heavy (non-hydrogen) atoms. The van der Waals surface area contributed by atoms with E-state index in [4.69, 9.17) is 23.2 Å². The maximum absolute atomic E-state index is 11.3. The van der Waals surface area contributed by atoms with E-state index >= 15 is 0 Å². The van der Waals surface area contributed by atoms with Crippen molar-refractivity contribution < 1.29 is 13.9 Å². The first-order valence-corrected chi connectivity index (χ1v) is 9.10. The first-order chi connectivity index (χ1) is 11.0. The molecule has 0 bridgehead atoms. The van der Waals surface area contributed by atoms with Gasteiger partial charge in [-0.05, 0) is 23.3 Å². The third kappa shape index (κ3) is 5.19. The van der Waals surface area contributed by atoms with E-state index in [1.165, 1.54) is 0 Å². The maximum atomic E-state index is 11.3. The second-order valence-electron chi connectivity index (χ2n) is 5.02. The number of hydrogen-bond acceptors (Lipinski definition) is 3. The molecule has 0 saturated heterocycles. The predicted molar refractivity (Wildman–Crippen MR) is 95.4 cm³/mol. The second-order valence-corrected chi connectivity index (χ2v) is 6.63. The normalized spacial score (nSPS) is 13.6. The molecule has 7 heteroatoms. The molecule has 0 amide bonds. The number of anilines is 1. The lowest BCUT2D eigenvalue weighted by Crippen LogP contribution is -2.27. The van der Waals surface area contributed by atoms with E-state index in [2.05, 4.69) is 0 Å². The molecule has 4 nitrogen and oxygen atoms in total. The first-order valence-electron chi connectivity index (χ1n) is 6.91. The number of hydrogen-bond donors (Lipinski definition) is 2. The number of alkyl halides is 1. The van der Waals surface area contributed by atoms with E-state index in [-0.39, 0.29) is 11.8 Å². The minimum absolute atomic E-state index is 0.0612. The van der Waals surface area contributed by atoms with Crippen LogP contribution < -0.4 is 4.90 Å².